The third-order valence-corrected chi connectivity index (χ3v) is 4.18. The Labute approximate surface area is 126 Å². The minimum atomic E-state index is -0.423. The van der Waals surface area contributed by atoms with E-state index in [9.17, 15) is 9.90 Å². The molecule has 4 heteroatoms. The van der Waals surface area contributed by atoms with Crippen LogP contribution in [0, 0.1) is 5.92 Å². The summed E-state index contributed by atoms with van der Waals surface area (Å²) in [7, 11) is 0. The molecule has 0 aliphatic carbocycles. The third kappa shape index (κ3) is 4.21. The van der Waals surface area contributed by atoms with E-state index < -0.39 is 6.10 Å². The molecule has 1 saturated heterocycles. The summed E-state index contributed by atoms with van der Waals surface area (Å²) in [6.07, 6.45) is 0.420. The highest BCUT2D eigenvalue weighted by molar-refractivity contribution is 5.77. The third-order valence-electron chi connectivity index (χ3n) is 4.18. The van der Waals surface area contributed by atoms with Crippen LogP contribution < -0.4 is 4.74 Å². The summed E-state index contributed by atoms with van der Waals surface area (Å²) >= 11 is 0. The molecule has 2 unspecified atom stereocenters. The summed E-state index contributed by atoms with van der Waals surface area (Å²) < 4.78 is 5.54. The van der Waals surface area contributed by atoms with E-state index in [1.54, 1.807) is 4.90 Å². The number of likely N-dealkylation sites (tertiary alicyclic amines) is 1. The molecule has 116 valence electrons. The number of β-amino-alcohol motifs (C(OH)–C–C–N with tert-alkyl or cyclic N) is 1. The largest absolute Gasteiger partial charge is 0.484 e. The maximum atomic E-state index is 12.1. The zero-order chi connectivity index (χ0) is 15.4. The van der Waals surface area contributed by atoms with Crippen LogP contribution in [-0.2, 0) is 4.79 Å². The molecule has 0 saturated carbocycles. The number of carbonyl (C=O) groups is 1. The van der Waals surface area contributed by atoms with Crippen molar-refractivity contribution in [1.82, 2.24) is 4.90 Å². The molecule has 4 nitrogen and oxygen atoms in total. The standard InChI is InChI=1S/C17H25NO3/c1-12(2)14-4-6-15(7-5-14)21-11-17(20)18-9-8-13(3)16(19)10-18/h4-7,12-13,16,19H,8-11H2,1-3H3. The number of hydrogen-bond donors (Lipinski definition) is 1. The molecule has 1 aromatic rings. The van der Waals surface area contributed by atoms with E-state index in [4.69, 9.17) is 4.74 Å². The van der Waals surface area contributed by atoms with Gasteiger partial charge in [0.25, 0.3) is 5.91 Å². The number of aliphatic hydroxyl groups is 1. The van der Waals surface area contributed by atoms with Gasteiger partial charge in [-0.3, -0.25) is 4.79 Å². The Balaban J connectivity index is 1.83. The van der Waals surface area contributed by atoms with Crippen molar-refractivity contribution in [3.8, 4) is 5.75 Å². The van der Waals surface area contributed by atoms with Crippen LogP contribution in [0.4, 0.5) is 0 Å². The highest BCUT2D eigenvalue weighted by atomic mass is 16.5. The van der Waals surface area contributed by atoms with E-state index in [1.807, 2.05) is 31.2 Å². The van der Waals surface area contributed by atoms with Crippen LogP contribution in [0.5, 0.6) is 5.75 Å². The molecule has 1 aliphatic heterocycles. The van der Waals surface area contributed by atoms with Crippen molar-refractivity contribution in [3.63, 3.8) is 0 Å². The number of amides is 1. The van der Waals surface area contributed by atoms with E-state index in [0.717, 1.165) is 6.42 Å². The minimum absolute atomic E-state index is 0.0299. The monoisotopic (exact) mass is 291 g/mol. The molecule has 2 rings (SSSR count). The molecule has 21 heavy (non-hydrogen) atoms. The molecule has 0 bridgehead atoms. The van der Waals surface area contributed by atoms with Gasteiger partial charge in [0.2, 0.25) is 0 Å². The van der Waals surface area contributed by atoms with Gasteiger partial charge < -0.3 is 14.7 Å². The van der Waals surface area contributed by atoms with Crippen molar-refractivity contribution in [2.24, 2.45) is 5.92 Å². The second kappa shape index (κ2) is 6.94. The van der Waals surface area contributed by atoms with Gasteiger partial charge in [-0.25, -0.2) is 0 Å². The summed E-state index contributed by atoms with van der Waals surface area (Å²) in [6.45, 7) is 7.44. The van der Waals surface area contributed by atoms with Crippen LogP contribution in [0.2, 0.25) is 0 Å². The van der Waals surface area contributed by atoms with Gasteiger partial charge in [-0.1, -0.05) is 32.9 Å². The first-order chi connectivity index (χ1) is 9.97. The first kappa shape index (κ1) is 15.8. The number of carbonyl (C=O) groups excluding carboxylic acids is 1. The maximum absolute atomic E-state index is 12.1. The van der Waals surface area contributed by atoms with Crippen LogP contribution in [-0.4, -0.2) is 41.7 Å². The molecular weight excluding hydrogens is 266 g/mol. The van der Waals surface area contributed by atoms with Gasteiger partial charge in [0, 0.05) is 13.1 Å². The zero-order valence-corrected chi connectivity index (χ0v) is 13.1. The molecule has 1 N–H and O–H groups in total. The first-order valence-electron chi connectivity index (χ1n) is 7.66. The predicted molar refractivity (Wildman–Crippen MR) is 82.4 cm³/mol. The van der Waals surface area contributed by atoms with Crippen LogP contribution >= 0.6 is 0 Å². The SMILES string of the molecule is CC(C)c1ccc(OCC(=O)N2CCC(C)C(O)C2)cc1. The fraction of sp³-hybridized carbons (Fsp3) is 0.588. The van der Waals surface area contributed by atoms with Crippen LogP contribution in [0.25, 0.3) is 0 Å². The fourth-order valence-electron chi connectivity index (χ4n) is 2.46. The number of piperidine rings is 1. The van der Waals surface area contributed by atoms with E-state index >= 15 is 0 Å². The molecular formula is C17H25NO3. The molecule has 1 heterocycles. The van der Waals surface area contributed by atoms with Crippen molar-refractivity contribution in [2.75, 3.05) is 19.7 Å². The van der Waals surface area contributed by atoms with Gasteiger partial charge in [0.1, 0.15) is 5.75 Å². The van der Waals surface area contributed by atoms with Crippen molar-refractivity contribution >= 4 is 5.91 Å². The Kier molecular flexibility index (Phi) is 5.23. The summed E-state index contributed by atoms with van der Waals surface area (Å²) in [5, 5.41) is 9.83. The van der Waals surface area contributed by atoms with Gasteiger partial charge in [-0.15, -0.1) is 0 Å². The second-order valence-corrected chi connectivity index (χ2v) is 6.19. The average molecular weight is 291 g/mol. The quantitative estimate of drug-likeness (QED) is 0.927. The Morgan fingerprint density at radius 2 is 2.05 bits per heavy atom. The van der Waals surface area contributed by atoms with Gasteiger partial charge in [-0.2, -0.15) is 0 Å². The normalized spacial score (nSPS) is 22.4. The number of nitrogens with zero attached hydrogens (tertiary/aromatic N) is 1. The lowest BCUT2D eigenvalue weighted by atomic mass is 9.96. The molecule has 1 amide bonds. The minimum Gasteiger partial charge on any atom is -0.484 e. The number of hydrogen-bond acceptors (Lipinski definition) is 3. The first-order valence-corrected chi connectivity index (χ1v) is 7.66. The lowest BCUT2D eigenvalue weighted by Gasteiger charge is -2.34. The average Bonchev–Trinajstić information content (AvgIpc) is 2.48. The second-order valence-electron chi connectivity index (χ2n) is 6.19. The van der Waals surface area contributed by atoms with Gasteiger partial charge in [-0.05, 0) is 36.0 Å². The molecule has 1 fully saturated rings. The number of rotatable bonds is 4. The van der Waals surface area contributed by atoms with Crippen molar-refractivity contribution in [2.45, 2.75) is 39.2 Å². The molecule has 1 aliphatic rings. The number of benzene rings is 1. The predicted octanol–water partition coefficient (Wildman–Crippen LogP) is 2.42. The van der Waals surface area contributed by atoms with E-state index in [1.165, 1.54) is 5.56 Å². The summed E-state index contributed by atoms with van der Waals surface area (Å²) in [4.78, 5) is 13.8. The van der Waals surface area contributed by atoms with E-state index in [0.29, 0.717) is 24.8 Å². The zero-order valence-electron chi connectivity index (χ0n) is 13.1. The van der Waals surface area contributed by atoms with Gasteiger partial charge in [0.15, 0.2) is 6.61 Å². The molecule has 0 aromatic heterocycles. The lowest BCUT2D eigenvalue weighted by molar-refractivity contribution is -0.137. The summed E-state index contributed by atoms with van der Waals surface area (Å²) in [6, 6.07) is 7.85. The molecule has 0 radical (unpaired) electrons. The molecule has 2 atom stereocenters. The fourth-order valence-corrected chi connectivity index (χ4v) is 2.46. The smallest absolute Gasteiger partial charge is 0.260 e. The topological polar surface area (TPSA) is 49.8 Å². The Morgan fingerprint density at radius 3 is 2.62 bits per heavy atom. The van der Waals surface area contributed by atoms with Crippen molar-refractivity contribution < 1.29 is 14.6 Å². The summed E-state index contributed by atoms with van der Waals surface area (Å²) in [5.74, 6) is 1.39. The van der Waals surface area contributed by atoms with Gasteiger partial charge >= 0.3 is 0 Å². The lowest BCUT2D eigenvalue weighted by Crippen LogP contribution is -2.47. The Morgan fingerprint density at radius 1 is 1.38 bits per heavy atom. The molecule has 1 aromatic carbocycles. The van der Waals surface area contributed by atoms with Crippen LogP contribution in [0.3, 0.4) is 0 Å². The van der Waals surface area contributed by atoms with Crippen LogP contribution in [0.15, 0.2) is 24.3 Å². The highest BCUT2D eigenvalue weighted by Crippen LogP contribution is 2.19. The van der Waals surface area contributed by atoms with Gasteiger partial charge in [0.05, 0.1) is 6.10 Å². The highest BCUT2D eigenvalue weighted by Gasteiger charge is 2.27. The summed E-state index contributed by atoms with van der Waals surface area (Å²) in [5.41, 5.74) is 1.25. The number of ether oxygens (including phenoxy) is 1. The van der Waals surface area contributed by atoms with E-state index in [-0.39, 0.29) is 18.4 Å². The molecule has 0 spiro atoms. The van der Waals surface area contributed by atoms with E-state index in [2.05, 4.69) is 13.8 Å². The van der Waals surface area contributed by atoms with Crippen LogP contribution in [0.1, 0.15) is 38.7 Å². The number of aliphatic hydroxyl groups excluding tert-OH is 1. The Hall–Kier alpha value is -1.55. The Bertz CT molecular complexity index is 469. The van der Waals surface area contributed by atoms with Crippen molar-refractivity contribution in [1.29, 1.82) is 0 Å². The maximum Gasteiger partial charge on any atom is 0.260 e. The van der Waals surface area contributed by atoms with Crippen molar-refractivity contribution in [3.05, 3.63) is 29.8 Å².